The number of pyridine rings is 2. The Morgan fingerprint density at radius 3 is 2.58 bits per heavy atom. The van der Waals surface area contributed by atoms with Gasteiger partial charge in [-0.05, 0) is 55.5 Å². The van der Waals surface area contributed by atoms with Crippen LogP contribution >= 0.6 is 0 Å². The average molecular weight is 507 g/mol. The lowest BCUT2D eigenvalue weighted by Gasteiger charge is -2.30. The fourth-order valence-electron chi connectivity index (χ4n) is 4.53. The summed E-state index contributed by atoms with van der Waals surface area (Å²) in [5, 5.41) is 12.0. The quantitative estimate of drug-likeness (QED) is 0.497. The maximum Gasteiger partial charge on any atom is 0.263 e. The summed E-state index contributed by atoms with van der Waals surface area (Å²) in [5.74, 6) is -0.351. The predicted molar refractivity (Wildman–Crippen MR) is 133 cm³/mol. The first-order valence-electron chi connectivity index (χ1n) is 11.9. The highest BCUT2D eigenvalue weighted by Crippen LogP contribution is 2.49. The number of rotatable bonds is 8. The summed E-state index contributed by atoms with van der Waals surface area (Å²) < 4.78 is 32.4. The molecule has 2 aromatic heterocycles. The molecule has 2 fully saturated rings. The maximum atomic E-state index is 13.1. The second-order valence-electron chi connectivity index (χ2n) is 9.54. The maximum absolute atomic E-state index is 13.1. The van der Waals surface area contributed by atoms with E-state index in [0.717, 1.165) is 12.0 Å². The average Bonchev–Trinajstić information content (AvgIpc) is 3.64. The molecule has 0 saturated heterocycles. The molecular formula is C26H26N4O5S. The van der Waals surface area contributed by atoms with Gasteiger partial charge in [0.25, 0.3) is 11.5 Å². The third-order valence-corrected chi connectivity index (χ3v) is 10.3. The van der Waals surface area contributed by atoms with Crippen molar-refractivity contribution in [2.75, 3.05) is 6.61 Å². The highest BCUT2D eigenvalue weighted by atomic mass is 32.2. The Bertz CT molecular complexity index is 1550. The summed E-state index contributed by atoms with van der Waals surface area (Å²) in [7, 11) is -1.74. The van der Waals surface area contributed by atoms with Crippen LogP contribution in [-0.4, -0.2) is 40.5 Å². The number of ether oxygens (including phenoxy) is 1. The predicted octanol–water partition coefficient (Wildman–Crippen LogP) is 2.61. The molecule has 2 saturated carbocycles. The Hall–Kier alpha value is -3.71. The Morgan fingerprint density at radius 1 is 1.25 bits per heavy atom. The van der Waals surface area contributed by atoms with Crippen molar-refractivity contribution in [1.82, 2.24) is 14.9 Å². The Labute approximate surface area is 208 Å². The number of hydrogen-bond donors (Lipinski definition) is 1. The van der Waals surface area contributed by atoms with Crippen LogP contribution in [0.5, 0.6) is 5.88 Å². The number of amides is 1. The number of sulfone groups is 1. The SMILES string of the molecule is Cn1c(=O)c(C(=O)NCc2ccc(C#N)cc2)cc2ccnc(OCC3(S(=O)(=O)C4CCC4)CC3)c21. The summed E-state index contributed by atoms with van der Waals surface area (Å²) in [5.41, 5.74) is 1.19. The molecule has 1 aromatic carbocycles. The van der Waals surface area contributed by atoms with Crippen molar-refractivity contribution in [1.29, 1.82) is 5.26 Å². The van der Waals surface area contributed by atoms with Gasteiger partial charge >= 0.3 is 0 Å². The Morgan fingerprint density at radius 2 is 1.97 bits per heavy atom. The fraction of sp³-hybridized carbons (Fsp3) is 0.385. The van der Waals surface area contributed by atoms with Gasteiger partial charge in [0.2, 0.25) is 5.88 Å². The van der Waals surface area contributed by atoms with E-state index in [0.29, 0.717) is 42.1 Å². The first-order chi connectivity index (χ1) is 17.3. The van der Waals surface area contributed by atoms with E-state index >= 15 is 0 Å². The number of fused-ring (bicyclic) bond motifs is 1. The van der Waals surface area contributed by atoms with Crippen LogP contribution in [0.1, 0.15) is 53.6 Å². The van der Waals surface area contributed by atoms with E-state index in [1.165, 1.54) is 23.9 Å². The molecular weight excluding hydrogens is 480 g/mol. The summed E-state index contributed by atoms with van der Waals surface area (Å²) in [6.45, 7) is 0.201. The molecule has 0 bridgehead atoms. The van der Waals surface area contributed by atoms with E-state index in [4.69, 9.17) is 10.00 Å². The van der Waals surface area contributed by atoms with Crippen LogP contribution in [0.2, 0.25) is 0 Å². The minimum atomic E-state index is -3.27. The molecule has 5 rings (SSSR count). The second-order valence-corrected chi connectivity index (χ2v) is 12.2. The summed E-state index contributed by atoms with van der Waals surface area (Å²) in [4.78, 5) is 30.2. The molecule has 36 heavy (non-hydrogen) atoms. The molecule has 0 spiro atoms. The third-order valence-electron chi connectivity index (χ3n) is 7.25. The first kappa shape index (κ1) is 24.0. The van der Waals surface area contributed by atoms with Crippen LogP contribution in [0.4, 0.5) is 0 Å². The Kier molecular flexibility index (Phi) is 6.04. The molecule has 0 unspecified atom stereocenters. The van der Waals surface area contributed by atoms with Gasteiger partial charge < -0.3 is 14.6 Å². The van der Waals surface area contributed by atoms with Gasteiger partial charge in [-0.25, -0.2) is 13.4 Å². The van der Waals surface area contributed by atoms with Crippen molar-refractivity contribution in [2.24, 2.45) is 7.05 Å². The van der Waals surface area contributed by atoms with Gasteiger partial charge in [-0.1, -0.05) is 18.6 Å². The van der Waals surface area contributed by atoms with E-state index in [-0.39, 0.29) is 29.8 Å². The van der Waals surface area contributed by atoms with Gasteiger partial charge in [0.05, 0.1) is 16.9 Å². The molecule has 3 aromatic rings. The zero-order valence-corrected chi connectivity index (χ0v) is 20.7. The minimum absolute atomic E-state index is 0.00103. The molecule has 0 radical (unpaired) electrons. The molecule has 2 aliphatic rings. The Balaban J connectivity index is 1.36. The van der Waals surface area contributed by atoms with Crippen LogP contribution in [0.3, 0.4) is 0 Å². The van der Waals surface area contributed by atoms with E-state index < -0.39 is 26.1 Å². The van der Waals surface area contributed by atoms with E-state index in [9.17, 15) is 18.0 Å². The molecule has 0 aliphatic heterocycles. The standard InChI is InChI=1S/C26H26N4O5S/c1-30-22-19(13-21(25(30)32)23(31)29-15-18-7-5-17(14-27)6-8-18)9-12-28-24(22)35-16-26(10-11-26)36(33,34)20-3-2-4-20/h5-9,12-13,20H,2-4,10-11,15-16H2,1H3,(H,29,31). The zero-order valence-electron chi connectivity index (χ0n) is 19.9. The lowest BCUT2D eigenvalue weighted by molar-refractivity contribution is 0.0949. The number of aromatic nitrogens is 2. The van der Waals surface area contributed by atoms with Gasteiger partial charge in [0.15, 0.2) is 9.84 Å². The number of nitrogens with one attached hydrogen (secondary N) is 1. The van der Waals surface area contributed by atoms with Crippen LogP contribution in [0.15, 0.2) is 47.4 Å². The van der Waals surface area contributed by atoms with Crippen molar-refractivity contribution in [2.45, 2.75) is 48.6 Å². The summed E-state index contributed by atoms with van der Waals surface area (Å²) >= 11 is 0. The molecule has 10 heteroatoms. The number of carbonyl (C=O) groups excluding carboxylic acids is 1. The summed E-state index contributed by atoms with van der Waals surface area (Å²) in [6.07, 6.45) is 5.01. The molecule has 1 amide bonds. The number of hydrogen-bond acceptors (Lipinski definition) is 7. The zero-order chi connectivity index (χ0) is 25.5. The molecule has 2 aliphatic carbocycles. The van der Waals surface area contributed by atoms with Crippen LogP contribution in [-0.2, 0) is 23.4 Å². The van der Waals surface area contributed by atoms with Crippen molar-refractivity contribution in [3.8, 4) is 11.9 Å². The lowest BCUT2D eigenvalue weighted by Crippen LogP contribution is -2.41. The van der Waals surface area contributed by atoms with Crippen molar-refractivity contribution >= 4 is 26.6 Å². The second kappa shape index (κ2) is 9.06. The van der Waals surface area contributed by atoms with Gasteiger partial charge in [-0.3, -0.25) is 9.59 Å². The number of carbonyl (C=O) groups is 1. The molecule has 1 N–H and O–H groups in total. The van der Waals surface area contributed by atoms with Crippen LogP contribution in [0, 0.1) is 11.3 Å². The third kappa shape index (κ3) is 4.13. The number of nitrogens with zero attached hydrogens (tertiary/aromatic N) is 3. The number of nitriles is 1. The van der Waals surface area contributed by atoms with Gasteiger partial charge in [-0.15, -0.1) is 0 Å². The van der Waals surface area contributed by atoms with Gasteiger partial charge in [0, 0.05) is 25.2 Å². The first-order valence-corrected chi connectivity index (χ1v) is 13.4. The molecule has 2 heterocycles. The van der Waals surface area contributed by atoms with Crippen molar-refractivity contribution < 1.29 is 17.9 Å². The normalized spacial score (nSPS) is 16.7. The highest BCUT2D eigenvalue weighted by Gasteiger charge is 2.58. The summed E-state index contributed by atoms with van der Waals surface area (Å²) in [6, 6.07) is 12.0. The van der Waals surface area contributed by atoms with Crippen LogP contribution < -0.4 is 15.6 Å². The van der Waals surface area contributed by atoms with Gasteiger partial charge in [-0.2, -0.15) is 5.26 Å². The number of benzene rings is 1. The highest BCUT2D eigenvalue weighted by molar-refractivity contribution is 7.93. The monoisotopic (exact) mass is 506 g/mol. The molecule has 186 valence electrons. The van der Waals surface area contributed by atoms with Crippen molar-refractivity contribution in [3.63, 3.8) is 0 Å². The van der Waals surface area contributed by atoms with E-state index in [1.54, 1.807) is 30.3 Å². The largest absolute Gasteiger partial charge is 0.474 e. The molecule has 9 nitrogen and oxygen atoms in total. The lowest BCUT2D eigenvalue weighted by atomic mass is 10.00. The van der Waals surface area contributed by atoms with E-state index in [1.807, 2.05) is 6.07 Å². The fourth-order valence-corrected chi connectivity index (χ4v) is 7.09. The van der Waals surface area contributed by atoms with Gasteiger partial charge in [0.1, 0.15) is 22.4 Å². The molecule has 0 atom stereocenters. The topological polar surface area (TPSA) is 131 Å². The minimum Gasteiger partial charge on any atom is -0.474 e. The van der Waals surface area contributed by atoms with Crippen LogP contribution in [0.25, 0.3) is 10.9 Å². The smallest absolute Gasteiger partial charge is 0.263 e. The number of aryl methyl sites for hydroxylation is 1. The van der Waals surface area contributed by atoms with Crippen molar-refractivity contribution in [3.05, 3.63) is 69.6 Å². The van der Waals surface area contributed by atoms with E-state index in [2.05, 4.69) is 10.3 Å².